The van der Waals surface area contributed by atoms with E-state index in [-0.39, 0.29) is 20.7 Å². The third-order valence-electron chi connectivity index (χ3n) is 3.64. The molecule has 0 bridgehead atoms. The molecule has 0 radical (unpaired) electrons. The molecule has 1 aliphatic rings. The molecule has 0 fully saturated rings. The van der Waals surface area contributed by atoms with Crippen molar-refractivity contribution in [1.29, 1.82) is 0 Å². The number of nitrogens with zero attached hydrogens (tertiary/aromatic N) is 1. The Labute approximate surface area is 127 Å². The summed E-state index contributed by atoms with van der Waals surface area (Å²) in [4.78, 5) is 0. The minimum Gasteiger partial charge on any atom is -0.310 e. The second kappa shape index (κ2) is 5.02. The van der Waals surface area contributed by atoms with Crippen LogP contribution in [-0.4, -0.2) is 13.0 Å². The van der Waals surface area contributed by atoms with Gasteiger partial charge in [-0.15, -0.1) is 20.7 Å². The van der Waals surface area contributed by atoms with Gasteiger partial charge in [-0.25, -0.2) is 0 Å². The molecule has 1 aromatic heterocycles. The number of hydrogen-bond acceptors (Lipinski definition) is 0. The van der Waals surface area contributed by atoms with Gasteiger partial charge < -0.3 is 4.57 Å². The molecule has 2 aromatic carbocycles. The lowest BCUT2D eigenvalue weighted by atomic mass is 10.2. The Kier molecular flexibility index (Phi) is 3.03. The minimum absolute atomic E-state index is 0.176. The molecule has 1 aliphatic heterocycles. The van der Waals surface area contributed by atoms with Crippen LogP contribution in [0.1, 0.15) is 0 Å². The Morgan fingerprint density at radius 3 is 2.60 bits per heavy atom. The number of hydrogen-bond donors (Lipinski definition) is 0. The van der Waals surface area contributed by atoms with Crippen LogP contribution in [0, 0.1) is 0 Å². The summed E-state index contributed by atoms with van der Waals surface area (Å²) >= 11 is 0.176. The van der Waals surface area contributed by atoms with Crippen LogP contribution in [0.5, 0.6) is 0 Å². The Hall–Kier alpha value is -1.68. The molecule has 0 atom stereocenters. The molecule has 0 N–H and O–H groups in total. The number of fused-ring (bicyclic) bond motifs is 3. The zero-order valence-corrected chi connectivity index (χ0v) is 13.1. The minimum atomic E-state index is 0.176. The lowest BCUT2D eigenvalue weighted by Gasteiger charge is -2.06. The predicted octanol–water partition coefficient (Wildman–Crippen LogP) is 2.98. The number of para-hydroxylation sites is 2. The van der Waals surface area contributed by atoms with Gasteiger partial charge in [0.25, 0.3) is 0 Å². The fraction of sp³-hybridized carbons (Fsp3) is 0.0556. The van der Waals surface area contributed by atoms with Crippen LogP contribution in [0.25, 0.3) is 28.7 Å². The standard InChI is InChI=1S/C18H14IN/c1-2-6-14(7-3-1)20-17-9-5-4-8-15(17)16-10-12-19-13-11-18(16)20/h1-12H,13H2. The first kappa shape index (κ1) is 12.1. The largest absolute Gasteiger partial charge is 0.310 e. The summed E-state index contributed by atoms with van der Waals surface area (Å²) < 4.78 is 6.00. The van der Waals surface area contributed by atoms with Gasteiger partial charge in [-0.05, 0) is 28.3 Å². The smallest absolute Gasteiger partial charge is 0.0540 e. The van der Waals surface area contributed by atoms with Crippen molar-refractivity contribution in [3.8, 4) is 5.69 Å². The Balaban J connectivity index is 2.23. The summed E-state index contributed by atoms with van der Waals surface area (Å²) in [5.41, 5.74) is 2.54. The van der Waals surface area contributed by atoms with Crippen molar-refractivity contribution in [3.05, 3.63) is 65.2 Å². The number of rotatable bonds is 1. The molecule has 2 heteroatoms. The second-order valence-corrected chi connectivity index (χ2v) is 7.27. The van der Waals surface area contributed by atoms with Gasteiger partial charge in [0.1, 0.15) is 0 Å². The van der Waals surface area contributed by atoms with Crippen molar-refractivity contribution in [3.63, 3.8) is 0 Å². The summed E-state index contributed by atoms with van der Waals surface area (Å²) in [6.45, 7) is 0. The molecule has 0 amide bonds. The zero-order valence-electron chi connectivity index (χ0n) is 11.0. The van der Waals surface area contributed by atoms with Gasteiger partial charge in [-0.1, -0.05) is 42.5 Å². The van der Waals surface area contributed by atoms with E-state index in [9.17, 15) is 0 Å². The molecule has 2 heterocycles. The number of alkyl halides is 1. The van der Waals surface area contributed by atoms with Crippen LogP contribution in [0.3, 0.4) is 0 Å². The molecule has 0 unspecified atom stereocenters. The monoisotopic (exact) mass is 371 g/mol. The fourth-order valence-electron chi connectivity index (χ4n) is 2.79. The van der Waals surface area contributed by atoms with Crippen LogP contribution >= 0.6 is 20.7 Å². The molecule has 4 rings (SSSR count). The average Bonchev–Trinajstić information content (AvgIpc) is 2.65. The van der Waals surface area contributed by atoms with Gasteiger partial charge in [0.05, 0.1) is 10.9 Å². The van der Waals surface area contributed by atoms with Crippen LogP contribution in [0.4, 0.5) is 0 Å². The zero-order chi connectivity index (χ0) is 13.4. The van der Waals surface area contributed by atoms with E-state index in [0.29, 0.717) is 0 Å². The summed E-state index contributed by atoms with van der Waals surface area (Å²) in [6.07, 6.45) is 4.74. The maximum Gasteiger partial charge on any atom is 0.0540 e. The first-order valence-corrected chi connectivity index (χ1v) is 9.48. The maximum absolute atomic E-state index is 2.41. The number of halogens is 1. The van der Waals surface area contributed by atoms with Crippen molar-refractivity contribution < 1.29 is 0 Å². The quantitative estimate of drug-likeness (QED) is 0.458. The molecule has 0 aliphatic carbocycles. The van der Waals surface area contributed by atoms with Crippen LogP contribution in [0.2, 0.25) is 0 Å². The van der Waals surface area contributed by atoms with E-state index in [1.165, 1.54) is 31.6 Å². The molecule has 0 saturated heterocycles. The Morgan fingerprint density at radius 2 is 1.70 bits per heavy atom. The Bertz CT molecular complexity index is 917. The van der Waals surface area contributed by atoms with Crippen LogP contribution in [-0.2, 0) is 0 Å². The van der Waals surface area contributed by atoms with E-state index in [0.717, 1.165) is 0 Å². The molecular formula is C18H14IN. The van der Waals surface area contributed by atoms with Gasteiger partial charge in [0, 0.05) is 20.7 Å². The van der Waals surface area contributed by atoms with E-state index < -0.39 is 0 Å². The van der Waals surface area contributed by atoms with Gasteiger partial charge in [-0.3, -0.25) is 0 Å². The lowest BCUT2D eigenvalue weighted by Crippen LogP contribution is -2.28. The summed E-state index contributed by atoms with van der Waals surface area (Å²) in [5.74, 6) is 0. The molecule has 98 valence electrons. The fourth-order valence-corrected chi connectivity index (χ4v) is 4.37. The summed E-state index contributed by atoms with van der Waals surface area (Å²) in [5, 5.41) is 4.08. The highest BCUT2D eigenvalue weighted by Crippen LogP contribution is 2.15. The maximum atomic E-state index is 2.41. The SMILES string of the molecule is C1=ICC=c2c(c3ccccc3n2-c2ccccc2)=C1. The average molecular weight is 371 g/mol. The topological polar surface area (TPSA) is 4.93 Å². The van der Waals surface area contributed by atoms with Crippen molar-refractivity contribution in [1.82, 2.24) is 4.57 Å². The number of aromatic nitrogens is 1. The normalized spacial score (nSPS) is 13.8. The van der Waals surface area contributed by atoms with E-state index in [2.05, 4.69) is 75.3 Å². The van der Waals surface area contributed by atoms with Gasteiger partial charge in [0.15, 0.2) is 0 Å². The Morgan fingerprint density at radius 1 is 0.900 bits per heavy atom. The molecule has 0 saturated carbocycles. The van der Waals surface area contributed by atoms with Crippen molar-refractivity contribution >= 4 is 47.8 Å². The highest BCUT2D eigenvalue weighted by atomic mass is 127. The van der Waals surface area contributed by atoms with Crippen LogP contribution in [0.15, 0.2) is 54.6 Å². The second-order valence-electron chi connectivity index (χ2n) is 4.79. The summed E-state index contributed by atoms with van der Waals surface area (Å²) in [6, 6.07) is 19.4. The van der Waals surface area contributed by atoms with Gasteiger partial charge in [0.2, 0.25) is 0 Å². The van der Waals surface area contributed by atoms with Gasteiger partial charge >= 0.3 is 0 Å². The third kappa shape index (κ3) is 1.86. The third-order valence-corrected chi connectivity index (χ3v) is 5.46. The molecular weight excluding hydrogens is 357 g/mol. The van der Waals surface area contributed by atoms with Crippen LogP contribution < -0.4 is 10.6 Å². The van der Waals surface area contributed by atoms with Gasteiger partial charge in [-0.2, -0.15) is 0 Å². The van der Waals surface area contributed by atoms with E-state index >= 15 is 0 Å². The molecule has 0 spiro atoms. The predicted molar refractivity (Wildman–Crippen MR) is 96.4 cm³/mol. The molecule has 20 heavy (non-hydrogen) atoms. The lowest BCUT2D eigenvalue weighted by molar-refractivity contribution is 1.07. The molecule has 3 aromatic rings. The van der Waals surface area contributed by atoms with E-state index in [4.69, 9.17) is 0 Å². The number of benzene rings is 2. The highest BCUT2D eigenvalue weighted by Gasteiger charge is 2.08. The first-order valence-electron chi connectivity index (χ1n) is 6.71. The highest BCUT2D eigenvalue weighted by molar-refractivity contribution is 14.2. The summed E-state index contributed by atoms with van der Waals surface area (Å²) in [7, 11) is 0. The van der Waals surface area contributed by atoms with E-state index in [1.54, 1.807) is 0 Å². The van der Waals surface area contributed by atoms with Crippen molar-refractivity contribution in [2.24, 2.45) is 0 Å². The van der Waals surface area contributed by atoms with E-state index in [1.807, 2.05) is 0 Å². The molecule has 1 nitrogen and oxygen atoms in total. The van der Waals surface area contributed by atoms with Crippen molar-refractivity contribution in [2.45, 2.75) is 0 Å². The first-order chi connectivity index (χ1) is 9.95. The van der Waals surface area contributed by atoms with Crippen molar-refractivity contribution in [2.75, 3.05) is 4.43 Å².